The number of aromatic nitrogens is 3. The number of H-pyrrole nitrogens is 1. The highest BCUT2D eigenvalue weighted by Gasteiger charge is 2.29. The summed E-state index contributed by atoms with van der Waals surface area (Å²) in [5.74, 6) is 0.666. The second kappa shape index (κ2) is 5.72. The minimum Gasteiger partial charge on any atom is -0.508 e. The predicted octanol–water partition coefficient (Wildman–Crippen LogP) is 2.64. The monoisotopic (exact) mass is 322 g/mol. The summed E-state index contributed by atoms with van der Waals surface area (Å²) in [5.41, 5.74) is 8.56. The lowest BCUT2D eigenvalue weighted by atomic mass is 9.77. The van der Waals surface area contributed by atoms with Crippen LogP contribution in [0.4, 0.5) is 0 Å². The van der Waals surface area contributed by atoms with E-state index in [-0.39, 0.29) is 17.6 Å². The number of aromatic amines is 1. The van der Waals surface area contributed by atoms with Crippen LogP contribution in [0.3, 0.4) is 0 Å². The zero-order valence-corrected chi connectivity index (χ0v) is 13.1. The lowest BCUT2D eigenvalue weighted by Crippen LogP contribution is -2.37. The van der Waals surface area contributed by atoms with Crippen LogP contribution in [0.25, 0.3) is 22.3 Å². The van der Waals surface area contributed by atoms with Crippen LogP contribution in [-0.4, -0.2) is 32.1 Å². The first-order valence-corrected chi connectivity index (χ1v) is 8.02. The summed E-state index contributed by atoms with van der Waals surface area (Å²) in [4.78, 5) is 17.3. The van der Waals surface area contributed by atoms with Gasteiger partial charge < -0.3 is 10.8 Å². The van der Waals surface area contributed by atoms with E-state index >= 15 is 0 Å². The molecule has 2 heterocycles. The molecular weight excluding hydrogens is 304 g/mol. The van der Waals surface area contributed by atoms with Crippen molar-refractivity contribution >= 4 is 16.8 Å². The summed E-state index contributed by atoms with van der Waals surface area (Å²) in [6.45, 7) is 0. The van der Waals surface area contributed by atoms with Crippen molar-refractivity contribution < 1.29 is 9.90 Å². The van der Waals surface area contributed by atoms with E-state index in [0.29, 0.717) is 29.2 Å². The highest BCUT2D eigenvalue weighted by atomic mass is 16.3. The van der Waals surface area contributed by atoms with Gasteiger partial charge in [-0.05, 0) is 49.1 Å². The summed E-state index contributed by atoms with van der Waals surface area (Å²) in [6, 6.07) is 8.81. The number of nitrogens with zero attached hydrogens (tertiary/aromatic N) is 2. The first-order chi connectivity index (χ1) is 11.6. The molecule has 0 saturated heterocycles. The van der Waals surface area contributed by atoms with E-state index in [1.165, 1.54) is 0 Å². The molecule has 4 rings (SSSR count). The summed E-state index contributed by atoms with van der Waals surface area (Å²) in [7, 11) is 0. The van der Waals surface area contributed by atoms with Crippen LogP contribution in [0.5, 0.6) is 5.75 Å². The molecule has 0 aliphatic heterocycles. The summed E-state index contributed by atoms with van der Waals surface area (Å²) >= 11 is 0. The van der Waals surface area contributed by atoms with Gasteiger partial charge in [0.2, 0.25) is 0 Å². The molecule has 1 aromatic carbocycles. The normalized spacial score (nSPS) is 20.0. The van der Waals surface area contributed by atoms with Crippen LogP contribution in [0.15, 0.2) is 36.5 Å². The van der Waals surface area contributed by atoms with E-state index in [0.717, 1.165) is 23.8 Å². The highest BCUT2D eigenvalue weighted by Crippen LogP contribution is 2.32. The lowest BCUT2D eigenvalue weighted by Gasteiger charge is -2.31. The minimum absolute atomic E-state index is 0.0979. The number of phenols is 1. The van der Waals surface area contributed by atoms with Crippen LogP contribution < -0.4 is 5.73 Å². The first kappa shape index (κ1) is 14.8. The number of carbonyl (C=O) groups is 1. The zero-order chi connectivity index (χ0) is 16.7. The van der Waals surface area contributed by atoms with Gasteiger partial charge in [-0.2, -0.15) is 5.10 Å². The van der Waals surface area contributed by atoms with Gasteiger partial charge in [0.05, 0.1) is 11.9 Å². The van der Waals surface area contributed by atoms with Gasteiger partial charge in [-0.25, -0.2) is 4.98 Å². The van der Waals surface area contributed by atoms with Crippen molar-refractivity contribution in [2.75, 3.05) is 0 Å². The van der Waals surface area contributed by atoms with Crippen LogP contribution >= 0.6 is 0 Å². The Bertz CT molecular complexity index is 895. The quantitative estimate of drug-likeness (QED) is 0.640. The molecule has 2 aromatic heterocycles. The number of Topliss-reactive ketones (excluding diaryl/α,β-unsaturated/α-hetero) is 1. The Morgan fingerprint density at radius 3 is 2.75 bits per heavy atom. The number of benzene rings is 1. The van der Waals surface area contributed by atoms with Crippen molar-refractivity contribution in [1.82, 2.24) is 15.2 Å². The molecule has 1 aliphatic rings. The molecule has 0 bridgehead atoms. The fraction of sp³-hybridized carbons (Fsp3) is 0.278. The lowest BCUT2D eigenvalue weighted by molar-refractivity contribution is 0.0928. The number of phenolic OH excluding ortho intramolecular Hbond substituents is 1. The molecule has 6 nitrogen and oxygen atoms in total. The average molecular weight is 322 g/mol. The molecule has 1 saturated carbocycles. The number of carbonyl (C=O) groups excluding carboxylic acids is 1. The second-order valence-corrected chi connectivity index (χ2v) is 6.46. The van der Waals surface area contributed by atoms with Crippen LogP contribution in [-0.2, 0) is 0 Å². The number of hydrogen-bond acceptors (Lipinski definition) is 5. The van der Waals surface area contributed by atoms with Crippen LogP contribution in [0, 0.1) is 5.92 Å². The number of aromatic hydroxyl groups is 1. The molecule has 0 unspecified atom stereocenters. The van der Waals surface area contributed by atoms with Gasteiger partial charge >= 0.3 is 0 Å². The molecule has 4 N–H and O–H groups in total. The van der Waals surface area contributed by atoms with Gasteiger partial charge in [0, 0.05) is 29.0 Å². The van der Waals surface area contributed by atoms with E-state index in [9.17, 15) is 9.90 Å². The Morgan fingerprint density at radius 1 is 1.29 bits per heavy atom. The number of fused-ring (bicyclic) bond motifs is 1. The van der Waals surface area contributed by atoms with Gasteiger partial charge in [-0.3, -0.25) is 9.89 Å². The maximum atomic E-state index is 12.8. The maximum Gasteiger partial charge on any atom is 0.164 e. The second-order valence-electron chi connectivity index (χ2n) is 6.46. The highest BCUT2D eigenvalue weighted by molar-refractivity contribution is 6.07. The minimum atomic E-state index is 0.0979. The number of nitrogens with one attached hydrogen (secondary N) is 1. The Hall–Kier alpha value is -2.73. The predicted molar refractivity (Wildman–Crippen MR) is 90.6 cm³/mol. The zero-order valence-electron chi connectivity index (χ0n) is 13.1. The SMILES string of the molecule is NC1CC(CC(=O)c2cc(-c3ccc(O)cc3)nc3[nH]ncc23)C1. The van der Waals surface area contributed by atoms with E-state index < -0.39 is 0 Å². The molecule has 6 heteroatoms. The van der Waals surface area contributed by atoms with Crippen molar-refractivity contribution in [3.05, 3.63) is 42.1 Å². The Balaban J connectivity index is 1.72. The fourth-order valence-corrected chi connectivity index (χ4v) is 3.27. The van der Waals surface area contributed by atoms with Gasteiger partial charge in [-0.1, -0.05) is 0 Å². The number of hydrogen-bond donors (Lipinski definition) is 3. The summed E-state index contributed by atoms with van der Waals surface area (Å²) < 4.78 is 0. The first-order valence-electron chi connectivity index (χ1n) is 8.02. The molecule has 122 valence electrons. The smallest absolute Gasteiger partial charge is 0.164 e. The molecule has 1 fully saturated rings. The Labute approximate surface area is 138 Å². The van der Waals surface area contributed by atoms with E-state index in [4.69, 9.17) is 5.73 Å². The third-order valence-corrected chi connectivity index (χ3v) is 4.63. The number of pyridine rings is 1. The molecule has 0 spiro atoms. The standard InChI is InChI=1S/C18H18N4O2/c19-12-5-10(6-12)7-17(24)14-8-16(11-1-3-13(23)4-2-11)21-18-15(14)9-20-22-18/h1-4,8-10,12,23H,5-7,19H2,(H,20,21,22). The van der Waals surface area contributed by atoms with Crippen LogP contribution in [0.1, 0.15) is 29.6 Å². The summed E-state index contributed by atoms with van der Waals surface area (Å²) in [5, 5.41) is 17.0. The molecule has 0 amide bonds. The van der Waals surface area contributed by atoms with Gasteiger partial charge in [-0.15, -0.1) is 0 Å². The topological polar surface area (TPSA) is 105 Å². The van der Waals surface area contributed by atoms with Crippen molar-refractivity contribution in [2.24, 2.45) is 11.7 Å². The molecule has 24 heavy (non-hydrogen) atoms. The number of nitrogens with two attached hydrogens (primary N) is 1. The molecule has 3 aromatic rings. The number of rotatable bonds is 4. The van der Waals surface area contributed by atoms with Gasteiger partial charge in [0.1, 0.15) is 5.75 Å². The molecular formula is C18H18N4O2. The largest absolute Gasteiger partial charge is 0.508 e. The Kier molecular flexibility index (Phi) is 3.54. The average Bonchev–Trinajstić information content (AvgIpc) is 3.01. The van der Waals surface area contributed by atoms with Crippen molar-refractivity contribution in [2.45, 2.75) is 25.3 Å². The van der Waals surface area contributed by atoms with E-state index in [2.05, 4.69) is 15.2 Å². The molecule has 0 atom stereocenters. The molecule has 0 radical (unpaired) electrons. The van der Waals surface area contributed by atoms with Crippen molar-refractivity contribution in [3.8, 4) is 17.0 Å². The van der Waals surface area contributed by atoms with Crippen LogP contribution in [0.2, 0.25) is 0 Å². The van der Waals surface area contributed by atoms with Crippen molar-refractivity contribution in [3.63, 3.8) is 0 Å². The van der Waals surface area contributed by atoms with Gasteiger partial charge in [0.15, 0.2) is 11.4 Å². The Morgan fingerprint density at radius 2 is 2.04 bits per heavy atom. The van der Waals surface area contributed by atoms with Gasteiger partial charge in [0.25, 0.3) is 0 Å². The number of ketones is 1. The maximum absolute atomic E-state index is 12.8. The third kappa shape index (κ3) is 2.65. The van der Waals surface area contributed by atoms with Crippen molar-refractivity contribution in [1.29, 1.82) is 0 Å². The third-order valence-electron chi connectivity index (χ3n) is 4.63. The molecule has 1 aliphatic carbocycles. The van der Waals surface area contributed by atoms with E-state index in [1.54, 1.807) is 30.5 Å². The summed E-state index contributed by atoms with van der Waals surface area (Å²) in [6.07, 6.45) is 3.97. The van der Waals surface area contributed by atoms with E-state index in [1.807, 2.05) is 6.07 Å². The fourth-order valence-electron chi connectivity index (χ4n) is 3.27.